The molecule has 1 rings (SSSR count). The molecule has 0 saturated heterocycles. The Morgan fingerprint density at radius 2 is 2.06 bits per heavy atom. The highest BCUT2D eigenvalue weighted by Crippen LogP contribution is 2.25. The highest BCUT2D eigenvalue weighted by molar-refractivity contribution is 6.34. The van der Waals surface area contributed by atoms with Gasteiger partial charge in [-0.2, -0.15) is 0 Å². The number of aliphatic hydroxyl groups is 1. The zero-order chi connectivity index (χ0) is 13.2. The third kappa shape index (κ3) is 3.05. The fraction of sp³-hybridized carbons (Fsp3) is 0.462. The van der Waals surface area contributed by atoms with Crippen LogP contribution in [0.5, 0.6) is 0 Å². The minimum absolute atomic E-state index is 0.0204. The number of aryl methyl sites for hydroxylation is 1. The number of aliphatic hydroxyl groups excluding tert-OH is 1. The van der Waals surface area contributed by atoms with Crippen LogP contribution in [0.25, 0.3) is 0 Å². The lowest BCUT2D eigenvalue weighted by molar-refractivity contribution is 0.0806. The molecule has 1 N–H and O–H groups in total. The Bertz CT molecular complexity index is 430. The first-order valence-corrected chi connectivity index (χ1v) is 5.87. The van der Waals surface area contributed by atoms with Crippen LogP contribution in [0.15, 0.2) is 12.1 Å². The maximum atomic E-state index is 13.4. The first-order valence-electron chi connectivity index (χ1n) is 5.49. The summed E-state index contributed by atoms with van der Waals surface area (Å²) in [4.78, 5) is 12.1. The number of hydrogen-bond acceptors (Lipinski definition) is 2. The largest absolute Gasteiger partial charge is 0.396 e. The number of Topliss-reactive ketones (excluding diaryl/α,β-unsaturated/α-hetero) is 1. The van der Waals surface area contributed by atoms with Gasteiger partial charge in [-0.15, -0.1) is 0 Å². The molecular weight excluding hydrogens is 243 g/mol. The molecule has 0 amide bonds. The minimum atomic E-state index is -0.547. The molecule has 0 fully saturated rings. The smallest absolute Gasteiger partial charge is 0.170 e. The van der Waals surface area contributed by atoms with Crippen LogP contribution in [0.3, 0.4) is 0 Å². The van der Waals surface area contributed by atoms with E-state index in [0.717, 1.165) is 6.07 Å². The second-order valence-electron chi connectivity index (χ2n) is 4.48. The zero-order valence-electron chi connectivity index (χ0n) is 10.1. The average Bonchev–Trinajstić information content (AvgIpc) is 2.23. The van der Waals surface area contributed by atoms with Gasteiger partial charge in [0.25, 0.3) is 0 Å². The highest BCUT2D eigenvalue weighted by atomic mass is 35.5. The number of carbonyl (C=O) groups is 1. The van der Waals surface area contributed by atoms with E-state index in [1.807, 2.05) is 13.8 Å². The molecule has 0 bridgehead atoms. The Balaban J connectivity index is 3.16. The molecule has 0 heterocycles. The van der Waals surface area contributed by atoms with Crippen molar-refractivity contribution in [2.45, 2.75) is 20.8 Å². The van der Waals surface area contributed by atoms with E-state index >= 15 is 0 Å². The lowest BCUT2D eigenvalue weighted by Crippen LogP contribution is -2.24. The van der Waals surface area contributed by atoms with Gasteiger partial charge in [-0.25, -0.2) is 4.39 Å². The molecule has 1 aromatic rings. The van der Waals surface area contributed by atoms with E-state index in [1.165, 1.54) is 6.07 Å². The van der Waals surface area contributed by atoms with Crippen molar-refractivity contribution in [2.75, 3.05) is 6.61 Å². The predicted octanol–water partition coefficient (Wildman–Crippen LogP) is 3.23. The molecule has 2 nitrogen and oxygen atoms in total. The van der Waals surface area contributed by atoms with Gasteiger partial charge in [-0.3, -0.25) is 4.79 Å². The topological polar surface area (TPSA) is 37.3 Å². The van der Waals surface area contributed by atoms with Crippen LogP contribution < -0.4 is 0 Å². The standard InChI is InChI=1S/C13H16ClFO2/c1-7(2)10(6-16)13(17)9-5-12(15)8(3)4-11(9)14/h4-5,7,10,16H,6H2,1-3H3. The van der Waals surface area contributed by atoms with Crippen LogP contribution in [0.2, 0.25) is 5.02 Å². The van der Waals surface area contributed by atoms with Gasteiger partial charge in [0, 0.05) is 11.5 Å². The van der Waals surface area contributed by atoms with Gasteiger partial charge >= 0.3 is 0 Å². The first kappa shape index (κ1) is 14.1. The summed E-state index contributed by atoms with van der Waals surface area (Å²) in [5.74, 6) is -1.34. The number of halogens is 2. The summed E-state index contributed by atoms with van der Waals surface area (Å²) >= 11 is 5.93. The van der Waals surface area contributed by atoms with Gasteiger partial charge in [0.15, 0.2) is 5.78 Å². The van der Waals surface area contributed by atoms with Crippen molar-refractivity contribution in [1.82, 2.24) is 0 Å². The van der Waals surface area contributed by atoms with Gasteiger partial charge < -0.3 is 5.11 Å². The summed E-state index contributed by atoms with van der Waals surface area (Å²) in [5, 5.41) is 9.41. The van der Waals surface area contributed by atoms with Gasteiger partial charge in [-0.1, -0.05) is 25.4 Å². The van der Waals surface area contributed by atoms with E-state index < -0.39 is 11.7 Å². The fourth-order valence-electron chi connectivity index (χ4n) is 1.63. The van der Waals surface area contributed by atoms with Crippen molar-refractivity contribution >= 4 is 17.4 Å². The molecule has 0 saturated carbocycles. The monoisotopic (exact) mass is 258 g/mol. The molecule has 0 aromatic heterocycles. The lowest BCUT2D eigenvalue weighted by Gasteiger charge is -2.17. The van der Waals surface area contributed by atoms with Crippen LogP contribution in [0, 0.1) is 24.6 Å². The second-order valence-corrected chi connectivity index (χ2v) is 4.89. The molecule has 0 radical (unpaired) electrons. The van der Waals surface area contributed by atoms with E-state index in [4.69, 9.17) is 11.6 Å². The van der Waals surface area contributed by atoms with E-state index in [0.29, 0.717) is 5.56 Å². The number of benzene rings is 1. The molecule has 4 heteroatoms. The van der Waals surface area contributed by atoms with Crippen LogP contribution in [0.1, 0.15) is 29.8 Å². The highest BCUT2D eigenvalue weighted by Gasteiger charge is 2.25. The molecular formula is C13H16ClFO2. The van der Waals surface area contributed by atoms with Gasteiger partial charge in [0.05, 0.1) is 11.6 Å². The average molecular weight is 259 g/mol. The molecule has 0 aliphatic heterocycles. The Morgan fingerprint density at radius 1 is 1.47 bits per heavy atom. The van der Waals surface area contributed by atoms with Crippen molar-refractivity contribution in [3.05, 3.63) is 34.1 Å². The minimum Gasteiger partial charge on any atom is -0.396 e. The van der Waals surface area contributed by atoms with E-state index in [-0.39, 0.29) is 28.9 Å². The van der Waals surface area contributed by atoms with Crippen molar-refractivity contribution in [1.29, 1.82) is 0 Å². The predicted molar refractivity (Wildman–Crippen MR) is 65.9 cm³/mol. The molecule has 0 spiro atoms. The van der Waals surface area contributed by atoms with Crippen molar-refractivity contribution in [3.63, 3.8) is 0 Å². The summed E-state index contributed by atoms with van der Waals surface area (Å²) in [6, 6.07) is 2.57. The summed E-state index contributed by atoms with van der Waals surface area (Å²) in [5.41, 5.74) is 0.541. The van der Waals surface area contributed by atoms with E-state index in [1.54, 1.807) is 6.92 Å². The number of rotatable bonds is 4. The van der Waals surface area contributed by atoms with Crippen molar-refractivity contribution in [3.8, 4) is 0 Å². The van der Waals surface area contributed by atoms with Crippen LogP contribution in [-0.4, -0.2) is 17.5 Å². The third-order valence-corrected chi connectivity index (χ3v) is 3.16. The Hall–Kier alpha value is -0.930. The van der Waals surface area contributed by atoms with E-state index in [2.05, 4.69) is 0 Å². The quantitative estimate of drug-likeness (QED) is 0.842. The maximum Gasteiger partial charge on any atom is 0.170 e. The van der Waals surface area contributed by atoms with Gasteiger partial charge in [0.2, 0.25) is 0 Å². The zero-order valence-corrected chi connectivity index (χ0v) is 10.9. The van der Waals surface area contributed by atoms with Gasteiger partial charge in [0.1, 0.15) is 5.82 Å². The van der Waals surface area contributed by atoms with Crippen molar-refractivity contribution < 1.29 is 14.3 Å². The molecule has 0 aliphatic carbocycles. The second kappa shape index (κ2) is 5.61. The van der Waals surface area contributed by atoms with Crippen LogP contribution in [-0.2, 0) is 0 Å². The van der Waals surface area contributed by atoms with Crippen LogP contribution >= 0.6 is 11.6 Å². The number of carbonyl (C=O) groups excluding carboxylic acids is 1. The van der Waals surface area contributed by atoms with Crippen molar-refractivity contribution in [2.24, 2.45) is 11.8 Å². The molecule has 0 aliphatic rings. The SMILES string of the molecule is Cc1cc(Cl)c(C(=O)C(CO)C(C)C)cc1F. The molecule has 1 aromatic carbocycles. The Morgan fingerprint density at radius 3 is 2.53 bits per heavy atom. The molecule has 94 valence electrons. The summed E-state index contributed by atoms with van der Waals surface area (Å²) in [7, 11) is 0. The molecule has 17 heavy (non-hydrogen) atoms. The summed E-state index contributed by atoms with van der Waals surface area (Å²) in [6.45, 7) is 4.98. The normalized spacial score (nSPS) is 12.9. The Labute approximate surface area is 105 Å². The first-order chi connectivity index (χ1) is 7.88. The number of hydrogen-bond donors (Lipinski definition) is 1. The number of ketones is 1. The lowest BCUT2D eigenvalue weighted by atomic mass is 9.88. The molecule has 1 unspecified atom stereocenters. The summed E-state index contributed by atoms with van der Waals surface area (Å²) in [6.07, 6.45) is 0. The molecule has 1 atom stereocenters. The summed E-state index contributed by atoms with van der Waals surface area (Å²) < 4.78 is 13.4. The maximum absolute atomic E-state index is 13.4. The fourth-order valence-corrected chi connectivity index (χ4v) is 1.94. The van der Waals surface area contributed by atoms with E-state index in [9.17, 15) is 14.3 Å². The third-order valence-electron chi connectivity index (χ3n) is 2.85. The van der Waals surface area contributed by atoms with Gasteiger partial charge in [-0.05, 0) is 30.5 Å². The van der Waals surface area contributed by atoms with Crippen LogP contribution in [0.4, 0.5) is 4.39 Å². The Kier molecular flexibility index (Phi) is 4.66.